The minimum absolute atomic E-state index is 0.0184. The maximum Gasteiger partial charge on any atom is 0.315 e. The standard InChI is InChI=1S/C6H8N2O3/c7-3-4(6(9)10)5-1-2-8-11-5/h1-2,4H,3,7H2,(H,9,10). The SMILES string of the molecule is NCC(C(=O)O)c1ccno1. The first kappa shape index (κ1) is 7.74. The average Bonchev–Trinajstić information content (AvgIpc) is 2.40. The Morgan fingerprint density at radius 1 is 1.91 bits per heavy atom. The Kier molecular flexibility index (Phi) is 2.22. The Labute approximate surface area is 62.8 Å². The highest BCUT2D eigenvalue weighted by Gasteiger charge is 2.20. The molecule has 0 aliphatic heterocycles. The number of carbonyl (C=O) groups is 1. The van der Waals surface area contributed by atoms with Crippen molar-refractivity contribution in [3.05, 3.63) is 18.0 Å². The normalized spacial score (nSPS) is 12.8. The van der Waals surface area contributed by atoms with Crippen LogP contribution in [0, 0.1) is 0 Å². The molecule has 0 saturated carbocycles. The Morgan fingerprint density at radius 2 is 2.64 bits per heavy atom. The fourth-order valence-electron chi connectivity index (χ4n) is 0.744. The van der Waals surface area contributed by atoms with Gasteiger partial charge in [-0.05, 0) is 0 Å². The number of hydrogen-bond acceptors (Lipinski definition) is 4. The van der Waals surface area contributed by atoms with Crippen molar-refractivity contribution < 1.29 is 14.4 Å². The summed E-state index contributed by atoms with van der Waals surface area (Å²) in [5.41, 5.74) is 5.20. The van der Waals surface area contributed by atoms with Crippen LogP contribution in [0.25, 0.3) is 0 Å². The molecule has 0 bridgehead atoms. The summed E-state index contributed by atoms with van der Waals surface area (Å²) in [4.78, 5) is 10.5. The van der Waals surface area contributed by atoms with E-state index in [2.05, 4.69) is 9.68 Å². The van der Waals surface area contributed by atoms with Gasteiger partial charge in [-0.25, -0.2) is 0 Å². The molecular formula is C6H8N2O3. The number of nitrogens with zero attached hydrogens (tertiary/aromatic N) is 1. The minimum atomic E-state index is -0.996. The van der Waals surface area contributed by atoms with Crippen molar-refractivity contribution in [1.82, 2.24) is 5.16 Å². The van der Waals surface area contributed by atoms with Crippen LogP contribution < -0.4 is 5.73 Å². The van der Waals surface area contributed by atoms with Crippen LogP contribution in [0.1, 0.15) is 11.7 Å². The van der Waals surface area contributed by atoms with Crippen LogP contribution in [-0.4, -0.2) is 22.8 Å². The van der Waals surface area contributed by atoms with Crippen molar-refractivity contribution in [3.8, 4) is 0 Å². The zero-order chi connectivity index (χ0) is 8.27. The van der Waals surface area contributed by atoms with Crippen LogP contribution in [0.15, 0.2) is 16.8 Å². The highest BCUT2D eigenvalue weighted by molar-refractivity contribution is 5.75. The first-order chi connectivity index (χ1) is 5.25. The van der Waals surface area contributed by atoms with E-state index in [4.69, 9.17) is 10.8 Å². The molecular weight excluding hydrogens is 148 g/mol. The lowest BCUT2D eigenvalue weighted by Crippen LogP contribution is -2.20. The van der Waals surface area contributed by atoms with E-state index in [1.54, 1.807) is 0 Å². The van der Waals surface area contributed by atoms with E-state index >= 15 is 0 Å². The van der Waals surface area contributed by atoms with Gasteiger partial charge in [0.2, 0.25) is 0 Å². The maximum atomic E-state index is 10.5. The summed E-state index contributed by atoms with van der Waals surface area (Å²) in [6, 6.07) is 1.49. The highest BCUT2D eigenvalue weighted by Crippen LogP contribution is 2.12. The third-order valence-corrected chi connectivity index (χ3v) is 1.34. The maximum absolute atomic E-state index is 10.5. The van der Waals surface area contributed by atoms with Crippen molar-refractivity contribution in [3.63, 3.8) is 0 Å². The predicted octanol–water partition coefficient (Wildman–Crippen LogP) is -0.199. The minimum Gasteiger partial charge on any atom is -0.481 e. The monoisotopic (exact) mass is 156 g/mol. The molecule has 1 rings (SSSR count). The largest absolute Gasteiger partial charge is 0.481 e. The number of hydrogen-bond donors (Lipinski definition) is 2. The molecule has 0 fully saturated rings. The highest BCUT2D eigenvalue weighted by atomic mass is 16.5. The van der Waals surface area contributed by atoms with Gasteiger partial charge in [-0.15, -0.1) is 0 Å². The summed E-state index contributed by atoms with van der Waals surface area (Å²) >= 11 is 0. The molecule has 0 aliphatic carbocycles. The smallest absolute Gasteiger partial charge is 0.315 e. The van der Waals surface area contributed by atoms with Gasteiger partial charge in [0.1, 0.15) is 5.92 Å². The van der Waals surface area contributed by atoms with E-state index in [9.17, 15) is 4.79 Å². The van der Waals surface area contributed by atoms with Crippen molar-refractivity contribution in [1.29, 1.82) is 0 Å². The fraction of sp³-hybridized carbons (Fsp3) is 0.333. The van der Waals surface area contributed by atoms with Crippen LogP contribution in [0.5, 0.6) is 0 Å². The average molecular weight is 156 g/mol. The molecule has 1 aromatic rings. The quantitative estimate of drug-likeness (QED) is 0.632. The lowest BCUT2D eigenvalue weighted by atomic mass is 10.1. The van der Waals surface area contributed by atoms with E-state index < -0.39 is 11.9 Å². The molecule has 60 valence electrons. The number of aliphatic carboxylic acids is 1. The second-order valence-electron chi connectivity index (χ2n) is 2.04. The molecule has 1 atom stereocenters. The molecule has 0 aromatic carbocycles. The zero-order valence-corrected chi connectivity index (χ0v) is 5.73. The molecule has 0 amide bonds. The molecule has 5 heteroatoms. The summed E-state index contributed by atoms with van der Waals surface area (Å²) in [6.07, 6.45) is 1.39. The van der Waals surface area contributed by atoms with E-state index in [1.165, 1.54) is 12.3 Å². The molecule has 0 aliphatic rings. The number of nitrogens with two attached hydrogens (primary N) is 1. The molecule has 3 N–H and O–H groups in total. The van der Waals surface area contributed by atoms with E-state index in [0.717, 1.165) is 0 Å². The van der Waals surface area contributed by atoms with Gasteiger partial charge in [0.15, 0.2) is 5.76 Å². The van der Waals surface area contributed by atoms with E-state index in [-0.39, 0.29) is 6.54 Å². The Hall–Kier alpha value is -1.36. The summed E-state index contributed by atoms with van der Waals surface area (Å²) in [7, 11) is 0. The van der Waals surface area contributed by atoms with E-state index in [1.807, 2.05) is 0 Å². The molecule has 0 saturated heterocycles. The number of rotatable bonds is 3. The van der Waals surface area contributed by atoms with Gasteiger partial charge in [-0.1, -0.05) is 5.16 Å². The molecule has 1 unspecified atom stereocenters. The summed E-state index contributed by atoms with van der Waals surface area (Å²) in [6.45, 7) is 0.0184. The molecule has 0 radical (unpaired) electrons. The molecule has 11 heavy (non-hydrogen) atoms. The van der Waals surface area contributed by atoms with Crippen molar-refractivity contribution in [2.24, 2.45) is 5.73 Å². The first-order valence-corrected chi connectivity index (χ1v) is 3.09. The van der Waals surface area contributed by atoms with Crippen LogP contribution in [-0.2, 0) is 4.79 Å². The molecule has 1 aromatic heterocycles. The van der Waals surface area contributed by atoms with Crippen LogP contribution >= 0.6 is 0 Å². The van der Waals surface area contributed by atoms with Crippen molar-refractivity contribution >= 4 is 5.97 Å². The predicted molar refractivity (Wildman–Crippen MR) is 35.9 cm³/mol. The van der Waals surface area contributed by atoms with Gasteiger partial charge in [0, 0.05) is 12.6 Å². The number of carboxylic acids is 1. The van der Waals surface area contributed by atoms with Crippen molar-refractivity contribution in [2.75, 3.05) is 6.54 Å². The summed E-state index contributed by atoms with van der Waals surface area (Å²) < 4.78 is 4.64. The Bertz CT molecular complexity index is 232. The topological polar surface area (TPSA) is 89.4 Å². The number of aromatic nitrogens is 1. The van der Waals surface area contributed by atoms with Crippen LogP contribution in [0.4, 0.5) is 0 Å². The van der Waals surface area contributed by atoms with Gasteiger partial charge >= 0.3 is 5.97 Å². The lowest BCUT2D eigenvalue weighted by Gasteiger charge is -2.02. The van der Waals surface area contributed by atoms with Gasteiger partial charge in [0.25, 0.3) is 0 Å². The molecule has 5 nitrogen and oxygen atoms in total. The Morgan fingerprint density at radius 3 is 3.00 bits per heavy atom. The Balaban J connectivity index is 2.79. The van der Waals surface area contributed by atoms with E-state index in [0.29, 0.717) is 5.76 Å². The van der Waals surface area contributed by atoms with Crippen LogP contribution in [0.3, 0.4) is 0 Å². The first-order valence-electron chi connectivity index (χ1n) is 3.09. The van der Waals surface area contributed by atoms with Gasteiger partial charge in [-0.2, -0.15) is 0 Å². The third kappa shape index (κ3) is 1.56. The molecule has 1 heterocycles. The third-order valence-electron chi connectivity index (χ3n) is 1.34. The van der Waals surface area contributed by atoms with Gasteiger partial charge in [-0.3, -0.25) is 4.79 Å². The van der Waals surface area contributed by atoms with Crippen molar-refractivity contribution in [2.45, 2.75) is 5.92 Å². The summed E-state index contributed by atoms with van der Waals surface area (Å²) in [5.74, 6) is -1.48. The number of carboxylic acid groups (broad SMARTS) is 1. The zero-order valence-electron chi connectivity index (χ0n) is 5.73. The second kappa shape index (κ2) is 3.16. The van der Waals surface area contributed by atoms with Gasteiger partial charge in [0.05, 0.1) is 6.20 Å². The molecule has 0 spiro atoms. The summed E-state index contributed by atoms with van der Waals surface area (Å²) in [5, 5.41) is 12.0. The van der Waals surface area contributed by atoms with Gasteiger partial charge < -0.3 is 15.4 Å². The lowest BCUT2D eigenvalue weighted by molar-refractivity contribution is -0.139. The second-order valence-corrected chi connectivity index (χ2v) is 2.04. The fourth-order valence-corrected chi connectivity index (χ4v) is 0.744. The van der Waals surface area contributed by atoms with Crippen LogP contribution in [0.2, 0.25) is 0 Å².